The summed E-state index contributed by atoms with van der Waals surface area (Å²) >= 11 is 4.58. The number of thiocyanates is 1. The van der Waals surface area contributed by atoms with Crippen LogP contribution in [0.5, 0.6) is 0 Å². The second kappa shape index (κ2) is 4.60. The summed E-state index contributed by atoms with van der Waals surface area (Å²) in [6.45, 7) is 0. The zero-order valence-electron chi connectivity index (χ0n) is 7.14. The number of nitrogens with zero attached hydrogens (tertiary/aromatic N) is 2. The number of aromatic nitrogens is 1. The van der Waals surface area contributed by atoms with Crippen molar-refractivity contribution in [3.8, 4) is 16.0 Å². The predicted octanol–water partition coefficient (Wildman–Crippen LogP) is 3.59. The molecular weight excluding hydrogens is 232 g/mol. The Labute approximate surface area is 94.2 Å². The molecule has 70 valence electrons. The minimum absolute atomic E-state index is 0.753. The first-order chi connectivity index (χ1) is 6.92. The fourth-order valence-electron chi connectivity index (χ4n) is 1.10. The van der Waals surface area contributed by atoms with Crippen LogP contribution in [0.15, 0.2) is 23.0 Å². The minimum atomic E-state index is 0.753. The van der Waals surface area contributed by atoms with E-state index in [1.807, 2.05) is 10.8 Å². The molecule has 0 atom stereocenters. The number of thiophene rings is 1. The molecule has 0 aliphatic carbocycles. The van der Waals surface area contributed by atoms with E-state index in [-0.39, 0.29) is 0 Å². The molecule has 0 spiro atoms. The van der Waals surface area contributed by atoms with Crippen molar-refractivity contribution in [3.63, 3.8) is 0 Å². The molecule has 0 saturated carbocycles. The highest BCUT2D eigenvalue weighted by molar-refractivity contribution is 8.03. The van der Waals surface area contributed by atoms with Gasteiger partial charge in [0, 0.05) is 27.8 Å². The van der Waals surface area contributed by atoms with Gasteiger partial charge in [0.05, 0.1) is 0 Å². The Morgan fingerprint density at radius 3 is 3.07 bits per heavy atom. The SMILES string of the molecule is N#CSCc1sccc1-c1nccs1. The van der Waals surface area contributed by atoms with Crippen molar-refractivity contribution in [2.24, 2.45) is 0 Å². The third-order valence-corrected chi connectivity index (χ3v) is 4.15. The number of hydrogen-bond acceptors (Lipinski definition) is 5. The Bertz CT molecular complexity index is 439. The van der Waals surface area contributed by atoms with Crippen LogP contribution in [0.1, 0.15) is 4.88 Å². The van der Waals surface area contributed by atoms with Crippen molar-refractivity contribution in [2.45, 2.75) is 5.75 Å². The van der Waals surface area contributed by atoms with Crippen molar-refractivity contribution in [2.75, 3.05) is 0 Å². The molecular formula is C9H6N2S3. The average Bonchev–Trinajstić information content (AvgIpc) is 2.84. The summed E-state index contributed by atoms with van der Waals surface area (Å²) in [5.74, 6) is 0.753. The molecule has 2 rings (SSSR count). The molecule has 0 aliphatic heterocycles. The quantitative estimate of drug-likeness (QED) is 0.767. The summed E-state index contributed by atoms with van der Waals surface area (Å²) in [6.07, 6.45) is 1.80. The van der Waals surface area contributed by atoms with Crippen molar-refractivity contribution in [3.05, 3.63) is 27.9 Å². The molecule has 0 N–H and O–H groups in total. The minimum Gasteiger partial charge on any atom is -0.245 e. The zero-order chi connectivity index (χ0) is 9.80. The molecule has 0 radical (unpaired) electrons. The van der Waals surface area contributed by atoms with Gasteiger partial charge in [0.2, 0.25) is 0 Å². The van der Waals surface area contributed by atoms with Crippen molar-refractivity contribution < 1.29 is 0 Å². The van der Waals surface area contributed by atoms with E-state index < -0.39 is 0 Å². The number of thioether (sulfide) groups is 1. The third-order valence-electron chi connectivity index (χ3n) is 1.68. The van der Waals surface area contributed by atoms with E-state index in [0.29, 0.717) is 0 Å². The molecule has 2 aromatic heterocycles. The van der Waals surface area contributed by atoms with Gasteiger partial charge in [-0.05, 0) is 23.2 Å². The van der Waals surface area contributed by atoms with Gasteiger partial charge in [0.25, 0.3) is 0 Å². The summed E-state index contributed by atoms with van der Waals surface area (Å²) in [6, 6.07) is 2.07. The Kier molecular flexibility index (Phi) is 3.19. The Morgan fingerprint density at radius 2 is 2.36 bits per heavy atom. The molecule has 2 nitrogen and oxygen atoms in total. The van der Waals surface area contributed by atoms with E-state index >= 15 is 0 Å². The molecule has 0 bridgehead atoms. The number of rotatable bonds is 3. The summed E-state index contributed by atoms with van der Waals surface area (Å²) in [4.78, 5) is 5.49. The van der Waals surface area contributed by atoms with E-state index in [2.05, 4.69) is 16.5 Å². The lowest BCUT2D eigenvalue weighted by Gasteiger charge is -1.95. The molecule has 0 fully saturated rings. The highest BCUT2D eigenvalue weighted by Crippen LogP contribution is 2.32. The maximum atomic E-state index is 8.49. The first-order valence-corrected chi connectivity index (χ1v) is 6.63. The summed E-state index contributed by atoms with van der Waals surface area (Å²) in [7, 11) is 0. The Hall–Kier alpha value is -0.830. The van der Waals surface area contributed by atoms with Crippen LogP contribution in [0, 0.1) is 10.7 Å². The van der Waals surface area contributed by atoms with Crippen LogP contribution in [-0.4, -0.2) is 4.98 Å². The molecule has 0 aromatic carbocycles. The topological polar surface area (TPSA) is 36.7 Å². The second-order valence-corrected chi connectivity index (χ2v) is 5.13. The fourth-order valence-corrected chi connectivity index (χ4v) is 3.31. The smallest absolute Gasteiger partial charge is 0.133 e. The van der Waals surface area contributed by atoms with Gasteiger partial charge in [0.15, 0.2) is 0 Å². The molecule has 2 heterocycles. The van der Waals surface area contributed by atoms with Crippen LogP contribution in [0.3, 0.4) is 0 Å². The van der Waals surface area contributed by atoms with Gasteiger partial charge in [-0.15, -0.1) is 22.7 Å². The van der Waals surface area contributed by atoms with Crippen molar-refractivity contribution in [1.82, 2.24) is 4.98 Å². The lowest BCUT2D eigenvalue weighted by Crippen LogP contribution is -1.78. The normalized spacial score (nSPS) is 9.93. The van der Waals surface area contributed by atoms with Gasteiger partial charge >= 0.3 is 0 Å². The standard InChI is InChI=1S/C9H6N2S3/c10-6-12-5-8-7(1-3-13-8)9-11-2-4-14-9/h1-4H,5H2. The molecule has 5 heteroatoms. The van der Waals surface area contributed by atoms with Crippen LogP contribution < -0.4 is 0 Å². The van der Waals surface area contributed by atoms with E-state index in [9.17, 15) is 0 Å². The van der Waals surface area contributed by atoms with Crippen LogP contribution in [0.25, 0.3) is 10.6 Å². The molecule has 0 amide bonds. The Morgan fingerprint density at radius 1 is 1.43 bits per heavy atom. The van der Waals surface area contributed by atoms with E-state index in [4.69, 9.17) is 5.26 Å². The Balaban J connectivity index is 2.27. The van der Waals surface area contributed by atoms with Gasteiger partial charge in [-0.1, -0.05) is 0 Å². The molecule has 0 saturated heterocycles. The van der Waals surface area contributed by atoms with Crippen LogP contribution >= 0.6 is 34.4 Å². The monoisotopic (exact) mass is 238 g/mol. The summed E-state index contributed by atoms with van der Waals surface area (Å²) in [5, 5.41) is 15.6. The summed E-state index contributed by atoms with van der Waals surface area (Å²) < 4.78 is 0. The fraction of sp³-hybridized carbons (Fsp3) is 0.111. The number of hydrogen-bond donors (Lipinski definition) is 0. The van der Waals surface area contributed by atoms with Gasteiger partial charge in [-0.3, -0.25) is 0 Å². The molecule has 0 aliphatic rings. The first-order valence-electron chi connectivity index (χ1n) is 3.89. The summed E-state index contributed by atoms with van der Waals surface area (Å²) in [5.41, 5.74) is 1.17. The van der Waals surface area contributed by atoms with Gasteiger partial charge in [-0.2, -0.15) is 5.26 Å². The van der Waals surface area contributed by atoms with E-state index in [1.54, 1.807) is 28.9 Å². The van der Waals surface area contributed by atoms with Gasteiger partial charge in [0.1, 0.15) is 10.4 Å². The molecule has 2 aromatic rings. The lowest BCUT2D eigenvalue weighted by molar-refractivity contribution is 1.40. The number of thiazole rings is 1. The highest BCUT2D eigenvalue weighted by Gasteiger charge is 2.08. The van der Waals surface area contributed by atoms with Crippen LogP contribution in [0.2, 0.25) is 0 Å². The zero-order valence-corrected chi connectivity index (χ0v) is 9.59. The van der Waals surface area contributed by atoms with Crippen molar-refractivity contribution >= 4 is 34.4 Å². The number of nitriles is 1. The second-order valence-electron chi connectivity index (χ2n) is 2.47. The molecule has 0 unspecified atom stereocenters. The largest absolute Gasteiger partial charge is 0.245 e. The van der Waals surface area contributed by atoms with E-state index in [1.165, 1.54) is 22.2 Å². The van der Waals surface area contributed by atoms with Gasteiger partial charge in [-0.25, -0.2) is 4.98 Å². The lowest BCUT2D eigenvalue weighted by atomic mass is 10.3. The van der Waals surface area contributed by atoms with Crippen LogP contribution in [-0.2, 0) is 5.75 Å². The maximum Gasteiger partial charge on any atom is 0.133 e. The predicted molar refractivity (Wildman–Crippen MR) is 62.3 cm³/mol. The molecule has 14 heavy (non-hydrogen) atoms. The highest BCUT2D eigenvalue weighted by atomic mass is 32.2. The average molecular weight is 238 g/mol. The first kappa shape index (κ1) is 9.71. The van der Waals surface area contributed by atoms with Crippen LogP contribution in [0.4, 0.5) is 0 Å². The van der Waals surface area contributed by atoms with E-state index in [0.717, 1.165) is 10.8 Å². The van der Waals surface area contributed by atoms with Gasteiger partial charge < -0.3 is 0 Å². The maximum absolute atomic E-state index is 8.49. The van der Waals surface area contributed by atoms with Crippen molar-refractivity contribution in [1.29, 1.82) is 5.26 Å². The third kappa shape index (κ3) is 1.98.